The molecule has 3 fully saturated rings. The van der Waals surface area contributed by atoms with Gasteiger partial charge in [-0.2, -0.15) is 0 Å². The Bertz CT molecular complexity index is 1070. The van der Waals surface area contributed by atoms with E-state index in [0.29, 0.717) is 43.4 Å². The molecule has 0 spiro atoms. The van der Waals surface area contributed by atoms with Crippen molar-refractivity contribution in [1.29, 1.82) is 0 Å². The molecule has 8 atom stereocenters. The highest BCUT2D eigenvalue weighted by atomic mass is 16.5. The molecule has 1 saturated carbocycles. The molecule has 2 saturated heterocycles. The molecule has 2 aliphatic carbocycles. The standard InChI is InChI=1S/C29H47N5O4/c1-17-6-11-27(22(14-17)21-15-18(2)31-34-25(21)9-10-26(34)29(36)37)38-13-12-33-19(3)30-24-8-7-20(32(4)5)16-23(24)28(33)35/h17-18,20-22,25-27,31H,6-16H2,1-5H3,(H,36,37). The molecule has 38 heavy (non-hydrogen) atoms. The van der Waals surface area contributed by atoms with Gasteiger partial charge in [0, 0.05) is 23.7 Å². The van der Waals surface area contributed by atoms with E-state index in [-0.39, 0.29) is 23.7 Å². The second-order valence-corrected chi connectivity index (χ2v) is 12.7. The topological polar surface area (TPSA) is 99.9 Å². The van der Waals surface area contributed by atoms with E-state index in [1.807, 2.05) is 11.5 Å². The van der Waals surface area contributed by atoms with Crippen LogP contribution in [0, 0.1) is 24.7 Å². The minimum Gasteiger partial charge on any atom is -0.480 e. The average Bonchev–Trinajstić information content (AvgIpc) is 3.30. The molecule has 1 aromatic rings. The minimum atomic E-state index is -0.728. The molecule has 2 N–H and O–H groups in total. The summed E-state index contributed by atoms with van der Waals surface area (Å²) in [5.41, 5.74) is 5.44. The number of nitrogens with one attached hydrogen (secondary N) is 1. The van der Waals surface area contributed by atoms with Gasteiger partial charge in [0.1, 0.15) is 11.9 Å². The zero-order valence-electron chi connectivity index (χ0n) is 23.9. The Morgan fingerprint density at radius 1 is 1.13 bits per heavy atom. The van der Waals surface area contributed by atoms with Gasteiger partial charge in [-0.05, 0) is 103 Å². The number of hydrogen-bond donors (Lipinski definition) is 2. The number of fused-ring (bicyclic) bond motifs is 2. The first kappa shape index (κ1) is 27.7. The molecule has 0 amide bonds. The quantitative estimate of drug-likeness (QED) is 0.556. The Hall–Kier alpha value is -1.81. The van der Waals surface area contributed by atoms with Gasteiger partial charge in [0.15, 0.2) is 0 Å². The van der Waals surface area contributed by atoms with E-state index in [1.165, 1.54) is 0 Å². The van der Waals surface area contributed by atoms with Crippen molar-refractivity contribution in [2.24, 2.45) is 17.8 Å². The van der Waals surface area contributed by atoms with Crippen molar-refractivity contribution in [1.82, 2.24) is 24.9 Å². The number of likely N-dealkylation sites (N-methyl/N-ethyl adjacent to an activating group) is 1. The minimum absolute atomic E-state index is 0.102. The third-order valence-electron chi connectivity index (χ3n) is 9.92. The number of aromatic nitrogens is 2. The van der Waals surface area contributed by atoms with E-state index in [1.54, 1.807) is 0 Å². The summed E-state index contributed by atoms with van der Waals surface area (Å²) in [5, 5.41) is 11.8. The predicted molar refractivity (Wildman–Crippen MR) is 146 cm³/mol. The van der Waals surface area contributed by atoms with E-state index < -0.39 is 12.0 Å². The van der Waals surface area contributed by atoms with Crippen molar-refractivity contribution < 1.29 is 14.6 Å². The van der Waals surface area contributed by atoms with Gasteiger partial charge < -0.3 is 14.7 Å². The molecule has 0 aromatic carbocycles. The Kier molecular flexibility index (Phi) is 8.29. The Balaban J connectivity index is 1.29. The lowest BCUT2D eigenvalue weighted by Gasteiger charge is -2.49. The van der Waals surface area contributed by atoms with Crippen molar-refractivity contribution in [3.05, 3.63) is 27.4 Å². The van der Waals surface area contributed by atoms with Gasteiger partial charge >= 0.3 is 5.97 Å². The molecule has 2 aliphatic heterocycles. The van der Waals surface area contributed by atoms with Gasteiger partial charge in [-0.1, -0.05) is 6.92 Å². The summed E-state index contributed by atoms with van der Waals surface area (Å²) in [5.74, 6) is 1.52. The number of hydrogen-bond acceptors (Lipinski definition) is 7. The van der Waals surface area contributed by atoms with Crippen LogP contribution in [0.4, 0.5) is 0 Å². The largest absolute Gasteiger partial charge is 0.480 e. The number of rotatable bonds is 7. The summed E-state index contributed by atoms with van der Waals surface area (Å²) in [7, 11) is 4.17. The van der Waals surface area contributed by atoms with E-state index in [2.05, 4.69) is 43.3 Å². The Morgan fingerprint density at radius 2 is 1.92 bits per heavy atom. The van der Waals surface area contributed by atoms with E-state index in [9.17, 15) is 14.7 Å². The number of aliphatic carboxylic acids is 1. The van der Waals surface area contributed by atoms with Crippen LogP contribution in [0.25, 0.3) is 0 Å². The number of ether oxygens (including phenoxy) is 1. The number of carboxylic acid groups (broad SMARTS) is 1. The molecule has 9 nitrogen and oxygen atoms in total. The van der Waals surface area contributed by atoms with E-state index in [4.69, 9.17) is 9.72 Å². The zero-order valence-corrected chi connectivity index (χ0v) is 23.9. The van der Waals surface area contributed by atoms with Gasteiger partial charge in [-0.15, -0.1) is 0 Å². The maximum absolute atomic E-state index is 13.5. The maximum Gasteiger partial charge on any atom is 0.322 e. The molecular formula is C29H47N5O4. The van der Waals surface area contributed by atoms with Crippen LogP contribution in [0.1, 0.15) is 75.9 Å². The summed E-state index contributed by atoms with van der Waals surface area (Å²) in [4.78, 5) is 32.4. The lowest BCUT2D eigenvalue weighted by atomic mass is 9.68. The first-order valence-electron chi connectivity index (χ1n) is 14.8. The van der Waals surface area contributed by atoms with Crippen LogP contribution in [0.2, 0.25) is 0 Å². The van der Waals surface area contributed by atoms with E-state index in [0.717, 1.165) is 68.4 Å². The summed E-state index contributed by atoms with van der Waals surface area (Å²) < 4.78 is 8.44. The van der Waals surface area contributed by atoms with Crippen molar-refractivity contribution in [3.8, 4) is 0 Å². The number of hydrazine groups is 1. The van der Waals surface area contributed by atoms with Crippen molar-refractivity contribution in [3.63, 3.8) is 0 Å². The molecule has 3 heterocycles. The highest BCUT2D eigenvalue weighted by molar-refractivity contribution is 5.73. The molecule has 9 heteroatoms. The number of aryl methyl sites for hydroxylation is 2. The predicted octanol–water partition coefficient (Wildman–Crippen LogP) is 2.62. The fourth-order valence-corrected chi connectivity index (χ4v) is 7.88. The molecule has 4 aliphatic rings. The summed E-state index contributed by atoms with van der Waals surface area (Å²) in [6.07, 6.45) is 8.78. The summed E-state index contributed by atoms with van der Waals surface area (Å²) >= 11 is 0. The third-order valence-corrected chi connectivity index (χ3v) is 9.92. The van der Waals surface area contributed by atoms with Crippen LogP contribution in [0.3, 0.4) is 0 Å². The summed E-state index contributed by atoms with van der Waals surface area (Å²) in [6.45, 7) is 7.47. The second kappa shape index (κ2) is 11.4. The SMILES string of the molecule is Cc1nc2c(c(=O)n1CCOC1CCC(C)CC1C1CC(C)NN3C(C(=O)O)CCC13)CC(N(C)C)CC2. The number of carbonyl (C=O) groups is 1. The lowest BCUT2D eigenvalue weighted by molar-refractivity contribution is -0.147. The van der Waals surface area contributed by atoms with Gasteiger partial charge in [0.25, 0.3) is 5.56 Å². The first-order valence-corrected chi connectivity index (χ1v) is 14.8. The molecular weight excluding hydrogens is 482 g/mol. The average molecular weight is 530 g/mol. The first-order chi connectivity index (χ1) is 18.1. The summed E-state index contributed by atoms with van der Waals surface area (Å²) in [6, 6.07) is 0.442. The third kappa shape index (κ3) is 5.44. The van der Waals surface area contributed by atoms with Crippen LogP contribution in [-0.4, -0.2) is 81.5 Å². The van der Waals surface area contributed by atoms with Crippen LogP contribution in [0.5, 0.6) is 0 Å². The monoisotopic (exact) mass is 529 g/mol. The normalized spacial score (nSPS) is 35.7. The van der Waals surface area contributed by atoms with Crippen molar-refractivity contribution in [2.45, 2.75) is 115 Å². The lowest BCUT2D eigenvalue weighted by Crippen LogP contribution is -2.61. The fraction of sp³-hybridized carbons (Fsp3) is 0.828. The van der Waals surface area contributed by atoms with Gasteiger partial charge in [-0.25, -0.2) is 9.99 Å². The highest BCUT2D eigenvalue weighted by Crippen LogP contribution is 2.44. The second-order valence-electron chi connectivity index (χ2n) is 12.7. The molecule has 212 valence electrons. The van der Waals surface area contributed by atoms with Gasteiger partial charge in [0.2, 0.25) is 0 Å². The van der Waals surface area contributed by atoms with Crippen LogP contribution in [-0.2, 0) is 28.9 Å². The Morgan fingerprint density at radius 3 is 2.66 bits per heavy atom. The van der Waals surface area contributed by atoms with Crippen LogP contribution in [0.15, 0.2) is 4.79 Å². The van der Waals surface area contributed by atoms with Crippen molar-refractivity contribution >= 4 is 5.97 Å². The highest BCUT2D eigenvalue weighted by Gasteiger charge is 2.49. The molecule has 0 bridgehead atoms. The zero-order chi connectivity index (χ0) is 27.1. The smallest absolute Gasteiger partial charge is 0.322 e. The number of carboxylic acids is 1. The maximum atomic E-state index is 13.5. The van der Waals surface area contributed by atoms with Gasteiger partial charge in [-0.3, -0.25) is 19.6 Å². The molecule has 0 radical (unpaired) electrons. The number of nitrogens with zero attached hydrogens (tertiary/aromatic N) is 4. The Labute approximate surface area is 226 Å². The van der Waals surface area contributed by atoms with Crippen LogP contribution < -0.4 is 11.0 Å². The van der Waals surface area contributed by atoms with Crippen LogP contribution >= 0.6 is 0 Å². The molecule has 5 rings (SSSR count). The fourth-order valence-electron chi connectivity index (χ4n) is 7.88. The molecule has 8 unspecified atom stereocenters. The van der Waals surface area contributed by atoms with E-state index >= 15 is 0 Å². The molecule has 1 aromatic heterocycles. The van der Waals surface area contributed by atoms with Gasteiger partial charge in [0.05, 0.1) is 24.9 Å². The van der Waals surface area contributed by atoms with Crippen molar-refractivity contribution in [2.75, 3.05) is 20.7 Å².